The molecule has 0 atom stereocenters. The summed E-state index contributed by atoms with van der Waals surface area (Å²) in [7, 11) is -19.7. The standard InChI is InChI=1S/C23H18N4O13S4/c1-12-2-8-16-17(23(12)44(38,39)40)11-20(43(35,36)37)21(22(16)28)27-26-18-9-5-14(10-19(18)42(32,33)34)25-24-13-3-6-15(7-4-13)41(29,30)31/h2-11,28H,1H3,(H,29,30,31)(H,32,33,34)(H,35,36,37)(H,38,39,40). The Labute approximate surface area is 249 Å². The van der Waals surface area contributed by atoms with Crippen molar-refractivity contribution in [3.05, 3.63) is 66.2 Å². The lowest BCUT2D eigenvalue weighted by atomic mass is 10.1. The maximum absolute atomic E-state index is 12.2. The van der Waals surface area contributed by atoms with E-state index in [-0.39, 0.29) is 22.3 Å². The van der Waals surface area contributed by atoms with E-state index in [1.54, 1.807) is 0 Å². The van der Waals surface area contributed by atoms with Gasteiger partial charge in [0.05, 0.1) is 16.3 Å². The van der Waals surface area contributed by atoms with Gasteiger partial charge in [-0.05, 0) is 61.0 Å². The molecule has 0 aromatic heterocycles. The summed E-state index contributed by atoms with van der Waals surface area (Å²) in [5.74, 6) is -1.01. The summed E-state index contributed by atoms with van der Waals surface area (Å²) in [6.07, 6.45) is 0. The zero-order chi connectivity index (χ0) is 32.8. The highest BCUT2D eigenvalue weighted by molar-refractivity contribution is 7.86. The van der Waals surface area contributed by atoms with Crippen molar-refractivity contribution in [2.45, 2.75) is 26.5 Å². The zero-order valence-electron chi connectivity index (χ0n) is 21.7. The van der Waals surface area contributed by atoms with Gasteiger partial charge in [0.25, 0.3) is 40.5 Å². The molecule has 0 spiro atoms. The van der Waals surface area contributed by atoms with Crippen LogP contribution in [0.25, 0.3) is 10.8 Å². The fraction of sp³-hybridized carbons (Fsp3) is 0.0435. The normalized spacial score (nSPS) is 13.3. The molecule has 21 heteroatoms. The number of fused-ring (bicyclic) bond motifs is 1. The van der Waals surface area contributed by atoms with Crippen molar-refractivity contribution < 1.29 is 57.0 Å². The first-order chi connectivity index (χ1) is 20.2. The van der Waals surface area contributed by atoms with E-state index in [0.717, 1.165) is 30.3 Å². The van der Waals surface area contributed by atoms with Crippen LogP contribution in [0.15, 0.2) is 101 Å². The second-order valence-electron chi connectivity index (χ2n) is 8.82. The Morgan fingerprint density at radius 2 is 1.11 bits per heavy atom. The average Bonchev–Trinajstić information content (AvgIpc) is 2.89. The van der Waals surface area contributed by atoms with Crippen molar-refractivity contribution in [3.63, 3.8) is 0 Å². The van der Waals surface area contributed by atoms with Gasteiger partial charge in [0.1, 0.15) is 26.1 Å². The molecule has 5 N–H and O–H groups in total. The molecular formula is C23H18N4O13S4. The summed E-state index contributed by atoms with van der Waals surface area (Å²) in [5.41, 5.74) is -1.65. The Kier molecular flexibility index (Phi) is 8.45. The molecule has 0 amide bonds. The summed E-state index contributed by atoms with van der Waals surface area (Å²) in [6, 6.07) is 10.3. The van der Waals surface area contributed by atoms with Crippen molar-refractivity contribution >= 4 is 74.0 Å². The van der Waals surface area contributed by atoms with Crippen LogP contribution in [0.2, 0.25) is 0 Å². The fourth-order valence-corrected chi connectivity index (χ4v) is 6.59. The minimum absolute atomic E-state index is 0.0276. The van der Waals surface area contributed by atoms with Crippen LogP contribution < -0.4 is 0 Å². The number of aromatic hydroxyl groups is 1. The third-order valence-corrected chi connectivity index (χ3v) is 9.49. The second kappa shape index (κ2) is 11.4. The Balaban J connectivity index is 1.83. The lowest BCUT2D eigenvalue weighted by Crippen LogP contribution is -2.04. The number of azo groups is 2. The van der Waals surface area contributed by atoms with Gasteiger partial charge in [0.15, 0.2) is 5.75 Å². The number of nitrogens with zero attached hydrogens (tertiary/aromatic N) is 4. The van der Waals surface area contributed by atoms with Crippen LogP contribution in [-0.2, 0) is 40.5 Å². The van der Waals surface area contributed by atoms with E-state index < -0.39 is 82.6 Å². The number of hydrogen-bond acceptors (Lipinski definition) is 13. The van der Waals surface area contributed by atoms with E-state index in [1.165, 1.54) is 31.2 Å². The van der Waals surface area contributed by atoms with Gasteiger partial charge in [0.2, 0.25) is 0 Å². The third kappa shape index (κ3) is 6.95. The molecular weight excluding hydrogens is 669 g/mol. The first-order valence-corrected chi connectivity index (χ1v) is 17.2. The molecule has 44 heavy (non-hydrogen) atoms. The molecule has 4 rings (SSSR count). The van der Waals surface area contributed by atoms with Crippen LogP contribution >= 0.6 is 0 Å². The Hall–Kier alpha value is -4.22. The number of hydrogen-bond donors (Lipinski definition) is 5. The van der Waals surface area contributed by atoms with Gasteiger partial charge in [-0.25, -0.2) is 0 Å². The molecule has 4 aromatic carbocycles. The smallest absolute Gasteiger partial charge is 0.296 e. The fourth-order valence-electron chi connectivity index (χ4n) is 3.90. The predicted octanol–water partition coefficient (Wildman–Crippen LogP) is 4.67. The van der Waals surface area contributed by atoms with Gasteiger partial charge < -0.3 is 5.11 Å². The molecule has 0 aliphatic carbocycles. The lowest BCUT2D eigenvalue weighted by Gasteiger charge is -2.12. The predicted molar refractivity (Wildman–Crippen MR) is 151 cm³/mol. The van der Waals surface area contributed by atoms with E-state index >= 15 is 0 Å². The van der Waals surface area contributed by atoms with Gasteiger partial charge in [-0.1, -0.05) is 12.1 Å². The van der Waals surface area contributed by atoms with Crippen LogP contribution in [0.1, 0.15) is 5.56 Å². The molecule has 17 nitrogen and oxygen atoms in total. The number of aryl methyl sites for hydroxylation is 1. The summed E-state index contributed by atoms with van der Waals surface area (Å²) in [4.78, 5) is -3.23. The number of phenolic OH excluding ortho intramolecular Hbond substituents is 1. The maximum Gasteiger partial charge on any atom is 0.296 e. The minimum Gasteiger partial charge on any atom is -0.505 e. The second-order valence-corrected chi connectivity index (χ2v) is 14.4. The van der Waals surface area contributed by atoms with Crippen molar-refractivity contribution in [2.24, 2.45) is 20.5 Å². The van der Waals surface area contributed by atoms with Crippen molar-refractivity contribution in [1.82, 2.24) is 0 Å². The molecule has 0 aliphatic heterocycles. The van der Waals surface area contributed by atoms with Crippen LogP contribution in [0.3, 0.4) is 0 Å². The van der Waals surface area contributed by atoms with E-state index in [1.807, 2.05) is 0 Å². The summed E-state index contributed by atoms with van der Waals surface area (Å²) in [5, 5.41) is 24.7. The summed E-state index contributed by atoms with van der Waals surface area (Å²) < 4.78 is 133. The molecule has 0 saturated carbocycles. The van der Waals surface area contributed by atoms with E-state index in [0.29, 0.717) is 6.07 Å². The van der Waals surface area contributed by atoms with E-state index in [2.05, 4.69) is 20.5 Å². The highest BCUT2D eigenvalue weighted by Crippen LogP contribution is 2.44. The minimum atomic E-state index is -5.25. The first-order valence-electron chi connectivity index (χ1n) is 11.4. The van der Waals surface area contributed by atoms with Crippen LogP contribution in [-0.4, -0.2) is 57.0 Å². The van der Waals surface area contributed by atoms with Crippen molar-refractivity contribution in [3.8, 4) is 5.75 Å². The van der Waals surface area contributed by atoms with Crippen molar-refractivity contribution in [1.29, 1.82) is 0 Å². The van der Waals surface area contributed by atoms with Gasteiger partial charge >= 0.3 is 0 Å². The van der Waals surface area contributed by atoms with E-state index in [9.17, 15) is 52.4 Å². The van der Waals surface area contributed by atoms with Gasteiger partial charge in [-0.2, -0.15) is 43.9 Å². The monoisotopic (exact) mass is 686 g/mol. The Morgan fingerprint density at radius 1 is 0.545 bits per heavy atom. The Morgan fingerprint density at radius 3 is 1.66 bits per heavy atom. The summed E-state index contributed by atoms with van der Waals surface area (Å²) in [6.45, 7) is 1.28. The molecule has 4 aromatic rings. The first kappa shape index (κ1) is 32.7. The SMILES string of the molecule is Cc1ccc2c(O)c(N=Nc3ccc(N=Nc4ccc(S(=O)(=O)O)cc4)cc3S(=O)(=O)O)c(S(=O)(=O)O)cc2c1S(=O)(=O)O. The topological polar surface area (TPSA) is 287 Å². The molecule has 0 fully saturated rings. The van der Waals surface area contributed by atoms with Crippen LogP contribution in [0.5, 0.6) is 5.75 Å². The van der Waals surface area contributed by atoms with Crippen LogP contribution in [0.4, 0.5) is 22.7 Å². The molecule has 0 unspecified atom stereocenters. The van der Waals surface area contributed by atoms with Crippen LogP contribution in [0, 0.1) is 6.92 Å². The van der Waals surface area contributed by atoms with E-state index in [4.69, 9.17) is 4.55 Å². The molecule has 0 aliphatic rings. The Bertz CT molecular complexity index is 2340. The lowest BCUT2D eigenvalue weighted by molar-refractivity contribution is 0.471. The molecule has 0 heterocycles. The molecule has 232 valence electrons. The van der Waals surface area contributed by atoms with Crippen molar-refractivity contribution in [2.75, 3.05) is 0 Å². The molecule has 0 saturated heterocycles. The third-order valence-electron chi connectivity index (χ3n) is 5.81. The number of rotatable bonds is 8. The highest BCUT2D eigenvalue weighted by atomic mass is 32.2. The van der Waals surface area contributed by atoms with Gasteiger partial charge in [-0.15, -0.1) is 10.2 Å². The summed E-state index contributed by atoms with van der Waals surface area (Å²) >= 11 is 0. The largest absolute Gasteiger partial charge is 0.505 e. The zero-order valence-corrected chi connectivity index (χ0v) is 25.0. The van der Waals surface area contributed by atoms with Gasteiger partial charge in [0, 0.05) is 10.8 Å². The molecule has 0 radical (unpaired) electrons. The van der Waals surface area contributed by atoms with Gasteiger partial charge in [-0.3, -0.25) is 18.2 Å². The highest BCUT2D eigenvalue weighted by Gasteiger charge is 2.27. The quantitative estimate of drug-likeness (QED) is 0.124. The average molecular weight is 687 g/mol. The maximum atomic E-state index is 12.2. The molecule has 0 bridgehead atoms. The number of phenols is 1. The number of benzene rings is 4.